The van der Waals surface area contributed by atoms with Gasteiger partial charge in [0.15, 0.2) is 0 Å². The van der Waals surface area contributed by atoms with E-state index in [1.807, 2.05) is 0 Å². The van der Waals surface area contributed by atoms with Gasteiger partial charge in [0.2, 0.25) is 0 Å². The summed E-state index contributed by atoms with van der Waals surface area (Å²) >= 11 is 0. The molecule has 98 valence electrons. The second kappa shape index (κ2) is 7.50. The number of benzene rings is 1. The Morgan fingerprint density at radius 1 is 0.895 bits per heavy atom. The molecule has 0 aromatic heterocycles. The highest BCUT2D eigenvalue weighted by molar-refractivity contribution is 5.83. The van der Waals surface area contributed by atoms with Gasteiger partial charge in [0.1, 0.15) is 24.0 Å². The predicted octanol–water partition coefficient (Wildman–Crippen LogP) is 2.36. The van der Waals surface area contributed by atoms with Gasteiger partial charge in [0.05, 0.1) is 0 Å². The van der Waals surface area contributed by atoms with Gasteiger partial charge in [-0.15, -0.1) is 0 Å². The van der Waals surface area contributed by atoms with Gasteiger partial charge < -0.3 is 14.2 Å². The van der Waals surface area contributed by atoms with Crippen molar-refractivity contribution in [2.45, 2.75) is 0 Å². The van der Waals surface area contributed by atoms with E-state index in [4.69, 9.17) is 9.47 Å². The second-order valence-electron chi connectivity index (χ2n) is 3.13. The maximum absolute atomic E-state index is 10.9. The third-order valence-corrected chi connectivity index (χ3v) is 1.82. The first-order valence-corrected chi connectivity index (χ1v) is 5.24. The molecule has 0 aliphatic carbocycles. The van der Waals surface area contributed by atoms with Crippen molar-refractivity contribution in [2.75, 3.05) is 0 Å². The number of hydrogen-bond donors (Lipinski definition) is 0. The summed E-state index contributed by atoms with van der Waals surface area (Å²) in [5, 5.41) is 0. The van der Waals surface area contributed by atoms with Gasteiger partial charge in [-0.05, 0) is 24.3 Å². The van der Waals surface area contributed by atoms with Crippen molar-refractivity contribution in [3.05, 3.63) is 62.1 Å². The van der Waals surface area contributed by atoms with Gasteiger partial charge in [-0.2, -0.15) is 0 Å². The fourth-order valence-electron chi connectivity index (χ4n) is 0.993. The Labute approximate surface area is 110 Å². The van der Waals surface area contributed by atoms with Gasteiger partial charge in [-0.1, -0.05) is 13.2 Å². The molecule has 5 heteroatoms. The van der Waals surface area contributed by atoms with Crippen molar-refractivity contribution < 1.29 is 23.8 Å². The minimum atomic E-state index is -0.577. The van der Waals surface area contributed by atoms with Crippen LogP contribution in [0.4, 0.5) is 0 Å². The number of esters is 2. The van der Waals surface area contributed by atoms with Crippen LogP contribution < -0.4 is 9.47 Å². The summed E-state index contributed by atoms with van der Waals surface area (Å²) in [5.41, 5.74) is 0. The second-order valence-corrected chi connectivity index (χ2v) is 3.13. The van der Waals surface area contributed by atoms with E-state index in [1.54, 1.807) is 24.3 Å². The molecule has 0 atom stereocenters. The molecule has 0 unspecified atom stereocenters. The Hall–Kier alpha value is -2.82. The van der Waals surface area contributed by atoms with Crippen LogP contribution in [0.5, 0.6) is 11.5 Å². The Bertz CT molecular complexity index is 499. The van der Waals surface area contributed by atoms with Crippen LogP contribution >= 0.6 is 0 Å². The zero-order chi connectivity index (χ0) is 14.1. The molecule has 0 fully saturated rings. The molecule has 0 aliphatic heterocycles. The van der Waals surface area contributed by atoms with Gasteiger partial charge in [0.25, 0.3) is 0 Å². The molecule has 0 heterocycles. The summed E-state index contributed by atoms with van der Waals surface area (Å²) in [6.07, 6.45) is 4.40. The highest BCUT2D eigenvalue weighted by Crippen LogP contribution is 2.17. The van der Waals surface area contributed by atoms with Crippen molar-refractivity contribution in [1.82, 2.24) is 0 Å². The van der Waals surface area contributed by atoms with Crippen LogP contribution in [0, 0.1) is 0 Å². The summed E-state index contributed by atoms with van der Waals surface area (Å²) in [6, 6.07) is 6.29. The van der Waals surface area contributed by atoms with E-state index in [9.17, 15) is 9.59 Å². The lowest BCUT2D eigenvalue weighted by atomic mass is 10.3. The van der Waals surface area contributed by atoms with Crippen molar-refractivity contribution in [3.8, 4) is 11.5 Å². The van der Waals surface area contributed by atoms with Crippen LogP contribution in [-0.2, 0) is 14.3 Å². The Morgan fingerprint density at radius 3 is 2.05 bits per heavy atom. The minimum absolute atomic E-state index is 0.374. The zero-order valence-electron chi connectivity index (χ0n) is 10.1. The quantitative estimate of drug-likeness (QED) is 0.340. The Kier molecular flexibility index (Phi) is 5.62. The molecule has 0 amide bonds. The molecule has 0 N–H and O–H groups in total. The lowest BCUT2D eigenvalue weighted by Gasteiger charge is -2.03. The van der Waals surface area contributed by atoms with E-state index in [0.717, 1.165) is 18.4 Å². The summed E-state index contributed by atoms with van der Waals surface area (Å²) in [5.74, 6) is -0.250. The topological polar surface area (TPSA) is 61.8 Å². The van der Waals surface area contributed by atoms with E-state index >= 15 is 0 Å². The smallest absolute Gasteiger partial charge is 0.335 e. The third-order valence-electron chi connectivity index (χ3n) is 1.82. The molecule has 19 heavy (non-hydrogen) atoms. The maximum Gasteiger partial charge on any atom is 0.335 e. The molecule has 0 bridgehead atoms. The SMILES string of the molecule is C=CC(=O)O/C=C\Oc1ccc(OC(=O)C=C)cc1. The molecule has 0 saturated heterocycles. The van der Waals surface area contributed by atoms with E-state index in [-0.39, 0.29) is 0 Å². The highest BCUT2D eigenvalue weighted by atomic mass is 16.5. The average Bonchev–Trinajstić information content (AvgIpc) is 2.44. The van der Waals surface area contributed by atoms with Crippen LogP contribution in [0.15, 0.2) is 62.1 Å². The minimum Gasteiger partial charge on any atom is -0.462 e. The molecule has 1 aromatic rings. The molecular weight excluding hydrogens is 248 g/mol. The maximum atomic E-state index is 10.9. The summed E-state index contributed by atoms with van der Waals surface area (Å²) in [6.45, 7) is 6.53. The Balaban J connectivity index is 2.48. The van der Waals surface area contributed by atoms with Crippen LogP contribution in [0.1, 0.15) is 0 Å². The Morgan fingerprint density at radius 2 is 1.47 bits per heavy atom. The van der Waals surface area contributed by atoms with Crippen molar-refractivity contribution in [1.29, 1.82) is 0 Å². The van der Waals surface area contributed by atoms with Gasteiger partial charge >= 0.3 is 11.9 Å². The summed E-state index contributed by atoms with van der Waals surface area (Å²) in [4.78, 5) is 21.6. The summed E-state index contributed by atoms with van der Waals surface area (Å²) < 4.78 is 14.6. The molecule has 1 rings (SSSR count). The number of hydrogen-bond acceptors (Lipinski definition) is 5. The number of ether oxygens (including phenoxy) is 3. The van der Waals surface area contributed by atoms with Crippen LogP contribution in [0.25, 0.3) is 0 Å². The first-order chi connectivity index (χ1) is 9.15. The van der Waals surface area contributed by atoms with Crippen molar-refractivity contribution >= 4 is 11.9 Å². The van der Waals surface area contributed by atoms with E-state index in [1.165, 1.54) is 6.26 Å². The predicted molar refractivity (Wildman–Crippen MR) is 68.3 cm³/mol. The van der Waals surface area contributed by atoms with Crippen molar-refractivity contribution in [2.24, 2.45) is 0 Å². The lowest BCUT2D eigenvalue weighted by Crippen LogP contribution is -2.02. The summed E-state index contributed by atoms with van der Waals surface area (Å²) in [7, 11) is 0. The zero-order valence-corrected chi connectivity index (χ0v) is 10.1. The number of rotatable bonds is 6. The molecule has 5 nitrogen and oxygen atoms in total. The van der Waals surface area contributed by atoms with E-state index in [0.29, 0.717) is 11.5 Å². The van der Waals surface area contributed by atoms with Crippen LogP contribution in [-0.4, -0.2) is 11.9 Å². The fraction of sp³-hybridized carbons (Fsp3) is 0. The largest absolute Gasteiger partial charge is 0.462 e. The van der Waals surface area contributed by atoms with Crippen LogP contribution in [0.2, 0.25) is 0 Å². The van der Waals surface area contributed by atoms with E-state index in [2.05, 4.69) is 17.9 Å². The van der Waals surface area contributed by atoms with E-state index < -0.39 is 11.9 Å². The first-order valence-electron chi connectivity index (χ1n) is 5.24. The monoisotopic (exact) mass is 260 g/mol. The standard InChI is InChI=1S/C14H12O5/c1-3-13(15)18-10-9-17-11-5-7-12(8-6-11)19-14(16)4-2/h3-10H,1-2H2/b10-9-. The fourth-order valence-corrected chi connectivity index (χ4v) is 0.993. The van der Waals surface area contributed by atoms with Gasteiger partial charge in [-0.25, -0.2) is 9.59 Å². The average molecular weight is 260 g/mol. The van der Waals surface area contributed by atoms with Gasteiger partial charge in [0, 0.05) is 12.2 Å². The van der Waals surface area contributed by atoms with Crippen LogP contribution in [0.3, 0.4) is 0 Å². The first kappa shape index (κ1) is 14.2. The van der Waals surface area contributed by atoms with Gasteiger partial charge in [-0.3, -0.25) is 0 Å². The molecule has 0 spiro atoms. The van der Waals surface area contributed by atoms with Crippen molar-refractivity contribution in [3.63, 3.8) is 0 Å². The number of carbonyl (C=O) groups excluding carboxylic acids is 2. The molecule has 0 radical (unpaired) electrons. The molecule has 1 aromatic carbocycles. The molecule has 0 aliphatic rings. The number of carbonyl (C=O) groups is 2. The highest BCUT2D eigenvalue weighted by Gasteiger charge is 1.99. The normalized spacial score (nSPS) is 9.68. The molecule has 0 saturated carbocycles. The molecular formula is C14H12O5. The lowest BCUT2D eigenvalue weighted by molar-refractivity contribution is -0.132. The third kappa shape index (κ3) is 5.36.